The Morgan fingerprint density at radius 1 is 1.09 bits per heavy atom. The Morgan fingerprint density at radius 3 is 2.37 bits per heavy atom. The molecule has 1 N–H and O–H groups in total. The number of hydrogen-bond acceptors (Lipinski definition) is 7. The molecule has 35 heavy (non-hydrogen) atoms. The van der Waals surface area contributed by atoms with Gasteiger partial charge >= 0.3 is 0 Å². The fourth-order valence-corrected chi connectivity index (χ4v) is 4.55. The van der Waals surface area contributed by atoms with Gasteiger partial charge in [-0.2, -0.15) is 5.10 Å². The zero-order valence-corrected chi connectivity index (χ0v) is 19.9. The predicted octanol–water partition coefficient (Wildman–Crippen LogP) is 3.65. The molecular formula is C24H24N4O6S. The second-order valence-corrected chi connectivity index (χ2v) is 9.22. The van der Waals surface area contributed by atoms with Crippen molar-refractivity contribution in [2.45, 2.75) is 18.7 Å². The molecule has 0 aliphatic heterocycles. The largest absolute Gasteiger partial charge is 0.494 e. The zero-order chi connectivity index (χ0) is 25.4. The quantitative estimate of drug-likeness (QED) is 0.259. The molecule has 3 aromatic rings. The summed E-state index contributed by atoms with van der Waals surface area (Å²) in [5.41, 5.74) is 3.39. The summed E-state index contributed by atoms with van der Waals surface area (Å²) in [6.07, 6.45) is 1.13. The van der Waals surface area contributed by atoms with Gasteiger partial charge < -0.3 is 4.74 Å². The number of nitrogens with one attached hydrogen (secondary N) is 1. The molecule has 0 fully saturated rings. The Labute approximate surface area is 203 Å². The number of rotatable bonds is 10. The van der Waals surface area contributed by atoms with Crippen molar-refractivity contribution in [3.05, 3.63) is 94.0 Å². The van der Waals surface area contributed by atoms with E-state index in [1.165, 1.54) is 30.3 Å². The Hall–Kier alpha value is -4.25. The maximum atomic E-state index is 13.4. The molecule has 1 amide bonds. The van der Waals surface area contributed by atoms with Crippen LogP contribution in [0.2, 0.25) is 0 Å². The minimum absolute atomic E-state index is 0.0215. The molecule has 0 heterocycles. The lowest BCUT2D eigenvalue weighted by molar-refractivity contribution is -0.385. The molecule has 0 atom stereocenters. The minimum atomic E-state index is -4.10. The number of aryl methyl sites for hydroxylation is 1. The van der Waals surface area contributed by atoms with Crippen LogP contribution in [0.1, 0.15) is 18.1 Å². The molecule has 182 valence electrons. The molecule has 0 aliphatic carbocycles. The van der Waals surface area contributed by atoms with Crippen LogP contribution in [0.25, 0.3) is 0 Å². The number of nitro groups is 1. The van der Waals surface area contributed by atoms with Gasteiger partial charge in [-0.25, -0.2) is 13.8 Å². The summed E-state index contributed by atoms with van der Waals surface area (Å²) in [5.74, 6) is -0.174. The standard InChI is InChI=1S/C24H24N4O6S/c1-3-34-21-12-10-20(11-13-21)27(35(32,33)22-14-8-18(2)9-15-22)17-24(29)26-25-16-19-6-4-5-7-23(19)28(30)31/h4-16H,3,17H2,1-2H3,(H,26,29)/b25-16+. The summed E-state index contributed by atoms with van der Waals surface area (Å²) in [5, 5.41) is 14.9. The van der Waals surface area contributed by atoms with Crippen molar-refractivity contribution in [1.29, 1.82) is 0 Å². The first-order valence-corrected chi connectivity index (χ1v) is 12.0. The highest BCUT2D eigenvalue weighted by Gasteiger charge is 2.27. The van der Waals surface area contributed by atoms with Gasteiger partial charge in [0.05, 0.1) is 33.9 Å². The molecule has 11 heteroatoms. The normalized spacial score (nSPS) is 11.3. The number of amides is 1. The average molecular weight is 497 g/mol. The van der Waals surface area contributed by atoms with Crippen LogP contribution in [-0.2, 0) is 14.8 Å². The number of carbonyl (C=O) groups is 1. The maximum Gasteiger partial charge on any atom is 0.278 e. The molecule has 0 aromatic heterocycles. The predicted molar refractivity (Wildman–Crippen MR) is 132 cm³/mol. The second kappa shape index (κ2) is 11.3. The number of ether oxygens (including phenoxy) is 1. The van der Waals surface area contributed by atoms with Crippen LogP contribution in [0.5, 0.6) is 5.75 Å². The number of carbonyl (C=O) groups excluding carboxylic acids is 1. The van der Waals surface area contributed by atoms with E-state index in [1.54, 1.807) is 42.5 Å². The van der Waals surface area contributed by atoms with Gasteiger partial charge in [-0.3, -0.25) is 19.2 Å². The molecule has 0 radical (unpaired) electrons. The number of para-hydroxylation sites is 1. The smallest absolute Gasteiger partial charge is 0.278 e. The highest BCUT2D eigenvalue weighted by Crippen LogP contribution is 2.26. The van der Waals surface area contributed by atoms with Crippen LogP contribution in [-0.4, -0.2) is 38.6 Å². The van der Waals surface area contributed by atoms with Crippen LogP contribution in [0.3, 0.4) is 0 Å². The van der Waals surface area contributed by atoms with Crippen LogP contribution < -0.4 is 14.5 Å². The number of nitrogens with zero attached hydrogens (tertiary/aromatic N) is 3. The van der Waals surface area contributed by atoms with Gasteiger partial charge in [-0.05, 0) is 56.3 Å². The van der Waals surface area contributed by atoms with Gasteiger partial charge in [-0.15, -0.1) is 0 Å². The second-order valence-electron chi connectivity index (χ2n) is 7.36. The molecule has 0 saturated heterocycles. The Morgan fingerprint density at radius 2 is 1.74 bits per heavy atom. The number of hydrogen-bond donors (Lipinski definition) is 1. The molecule has 10 nitrogen and oxygen atoms in total. The van der Waals surface area contributed by atoms with E-state index in [0.29, 0.717) is 12.4 Å². The first-order chi connectivity index (χ1) is 16.7. The molecule has 0 aliphatic rings. The van der Waals surface area contributed by atoms with Crippen LogP contribution in [0, 0.1) is 17.0 Å². The van der Waals surface area contributed by atoms with Crippen molar-refractivity contribution >= 4 is 33.5 Å². The Balaban J connectivity index is 1.86. The van der Waals surface area contributed by atoms with Gasteiger partial charge in [-0.1, -0.05) is 29.8 Å². The molecular weight excluding hydrogens is 472 g/mol. The summed E-state index contributed by atoms with van der Waals surface area (Å²) >= 11 is 0. The van der Waals surface area contributed by atoms with Crippen LogP contribution >= 0.6 is 0 Å². The van der Waals surface area contributed by atoms with Crippen LogP contribution in [0.4, 0.5) is 11.4 Å². The molecule has 0 bridgehead atoms. The number of benzene rings is 3. The highest BCUT2D eigenvalue weighted by atomic mass is 32.2. The lowest BCUT2D eigenvalue weighted by Gasteiger charge is -2.24. The molecule has 0 spiro atoms. The highest BCUT2D eigenvalue weighted by molar-refractivity contribution is 7.92. The maximum absolute atomic E-state index is 13.4. The molecule has 3 aromatic carbocycles. The van der Waals surface area contributed by atoms with Gasteiger partial charge in [0.25, 0.3) is 21.6 Å². The van der Waals surface area contributed by atoms with E-state index in [4.69, 9.17) is 4.74 Å². The monoisotopic (exact) mass is 496 g/mol. The third-order valence-corrected chi connectivity index (χ3v) is 6.65. The van der Waals surface area contributed by atoms with Crippen molar-refractivity contribution in [2.24, 2.45) is 5.10 Å². The summed E-state index contributed by atoms with van der Waals surface area (Å²) in [6, 6.07) is 18.5. The summed E-state index contributed by atoms with van der Waals surface area (Å²) in [4.78, 5) is 23.2. The Kier molecular flexibility index (Phi) is 8.16. The van der Waals surface area contributed by atoms with Crippen LogP contribution in [0.15, 0.2) is 82.8 Å². The number of nitro benzene ring substituents is 1. The van der Waals surface area contributed by atoms with Gasteiger partial charge in [0.1, 0.15) is 12.3 Å². The molecule has 3 rings (SSSR count). The van der Waals surface area contributed by atoms with Crippen molar-refractivity contribution in [1.82, 2.24) is 5.43 Å². The van der Waals surface area contributed by atoms with E-state index in [1.807, 2.05) is 13.8 Å². The van der Waals surface area contributed by atoms with E-state index in [0.717, 1.165) is 16.1 Å². The molecule has 0 unspecified atom stereocenters. The fraction of sp³-hybridized carbons (Fsp3) is 0.167. The lowest BCUT2D eigenvalue weighted by atomic mass is 10.2. The van der Waals surface area contributed by atoms with Crippen molar-refractivity contribution in [2.75, 3.05) is 17.5 Å². The van der Waals surface area contributed by atoms with E-state index >= 15 is 0 Å². The van der Waals surface area contributed by atoms with Crippen molar-refractivity contribution < 1.29 is 22.9 Å². The summed E-state index contributed by atoms with van der Waals surface area (Å²) in [7, 11) is -4.10. The number of hydrazone groups is 1. The van der Waals surface area contributed by atoms with Crippen molar-refractivity contribution in [3.63, 3.8) is 0 Å². The molecule has 0 saturated carbocycles. The van der Waals surface area contributed by atoms with Gasteiger partial charge in [0, 0.05) is 6.07 Å². The Bertz CT molecular complexity index is 1320. The van der Waals surface area contributed by atoms with E-state index in [2.05, 4.69) is 10.5 Å². The zero-order valence-electron chi connectivity index (χ0n) is 19.1. The first kappa shape index (κ1) is 25.4. The third-order valence-electron chi connectivity index (χ3n) is 4.86. The third kappa shape index (κ3) is 6.42. The van der Waals surface area contributed by atoms with Gasteiger partial charge in [0.2, 0.25) is 0 Å². The fourth-order valence-electron chi connectivity index (χ4n) is 3.13. The van der Waals surface area contributed by atoms with E-state index in [-0.39, 0.29) is 21.8 Å². The lowest BCUT2D eigenvalue weighted by Crippen LogP contribution is -2.39. The topological polar surface area (TPSA) is 131 Å². The average Bonchev–Trinajstić information content (AvgIpc) is 2.84. The SMILES string of the molecule is CCOc1ccc(N(CC(=O)N/N=C/c2ccccc2[N+](=O)[O-])S(=O)(=O)c2ccc(C)cc2)cc1. The van der Waals surface area contributed by atoms with Crippen molar-refractivity contribution in [3.8, 4) is 5.75 Å². The number of anilines is 1. The van der Waals surface area contributed by atoms with E-state index < -0.39 is 27.4 Å². The minimum Gasteiger partial charge on any atom is -0.494 e. The number of sulfonamides is 1. The van der Waals surface area contributed by atoms with E-state index in [9.17, 15) is 23.3 Å². The first-order valence-electron chi connectivity index (χ1n) is 10.6. The summed E-state index contributed by atoms with van der Waals surface area (Å²) in [6.45, 7) is 3.54. The van der Waals surface area contributed by atoms with Gasteiger partial charge in [0.15, 0.2) is 0 Å². The summed E-state index contributed by atoms with van der Waals surface area (Å²) < 4.78 is 33.2.